The average molecular weight is 235 g/mol. The zero-order chi connectivity index (χ0) is 12.4. The molecule has 0 aliphatic heterocycles. The SMILES string of the molecule is O=C(O)c1cnc(-n2ccc([N+](=O)[O-])n2)cn1. The van der Waals surface area contributed by atoms with Gasteiger partial charge in [0.2, 0.25) is 0 Å². The highest BCUT2D eigenvalue weighted by Gasteiger charge is 2.13. The van der Waals surface area contributed by atoms with E-state index in [1.807, 2.05) is 0 Å². The molecule has 2 heterocycles. The number of nitro groups is 1. The van der Waals surface area contributed by atoms with Crippen LogP contribution in [0.25, 0.3) is 5.82 Å². The predicted octanol–water partition coefficient (Wildman–Crippen LogP) is 0.269. The summed E-state index contributed by atoms with van der Waals surface area (Å²) >= 11 is 0. The van der Waals surface area contributed by atoms with Crippen molar-refractivity contribution in [3.63, 3.8) is 0 Å². The molecule has 1 N–H and O–H groups in total. The van der Waals surface area contributed by atoms with Crippen LogP contribution < -0.4 is 0 Å². The van der Waals surface area contributed by atoms with Gasteiger partial charge in [0, 0.05) is 0 Å². The summed E-state index contributed by atoms with van der Waals surface area (Å²) in [5.74, 6) is -1.33. The maximum absolute atomic E-state index is 10.5. The van der Waals surface area contributed by atoms with Crippen LogP contribution in [0.2, 0.25) is 0 Å². The maximum atomic E-state index is 10.5. The van der Waals surface area contributed by atoms with Crippen LogP contribution in [0.15, 0.2) is 24.7 Å². The van der Waals surface area contributed by atoms with Crippen molar-refractivity contribution in [2.24, 2.45) is 0 Å². The largest absolute Gasteiger partial charge is 0.476 e. The van der Waals surface area contributed by atoms with Gasteiger partial charge in [-0.15, -0.1) is 4.68 Å². The monoisotopic (exact) mass is 235 g/mol. The summed E-state index contributed by atoms with van der Waals surface area (Å²) in [5, 5.41) is 22.6. The molecule has 0 aromatic carbocycles. The minimum absolute atomic E-state index is 0.197. The van der Waals surface area contributed by atoms with Gasteiger partial charge in [0.1, 0.15) is 0 Å². The lowest BCUT2D eigenvalue weighted by atomic mass is 10.4. The Kier molecular flexibility index (Phi) is 2.49. The molecular weight excluding hydrogens is 230 g/mol. The Hall–Kier alpha value is -2.84. The van der Waals surface area contributed by atoms with E-state index in [9.17, 15) is 14.9 Å². The second-order valence-corrected chi connectivity index (χ2v) is 2.94. The zero-order valence-electron chi connectivity index (χ0n) is 8.22. The van der Waals surface area contributed by atoms with E-state index in [0.717, 1.165) is 10.9 Å². The third-order valence-corrected chi connectivity index (χ3v) is 1.85. The van der Waals surface area contributed by atoms with Crippen molar-refractivity contribution >= 4 is 11.8 Å². The molecule has 9 heteroatoms. The van der Waals surface area contributed by atoms with E-state index in [4.69, 9.17) is 5.11 Å². The van der Waals surface area contributed by atoms with Crippen LogP contribution in [0, 0.1) is 10.1 Å². The smallest absolute Gasteiger partial charge is 0.390 e. The number of rotatable bonds is 3. The standard InChI is InChI=1S/C8H5N5O4/c14-8(15)5-3-10-7(4-9-5)12-2-1-6(11-12)13(16)17/h1-4H,(H,14,15). The topological polar surface area (TPSA) is 124 Å². The van der Waals surface area contributed by atoms with Crippen LogP contribution in [0.3, 0.4) is 0 Å². The number of hydrogen-bond acceptors (Lipinski definition) is 6. The molecule has 0 aliphatic carbocycles. The molecule has 9 nitrogen and oxygen atoms in total. The maximum Gasteiger partial charge on any atom is 0.390 e. The molecule has 0 atom stereocenters. The number of aromatic nitrogens is 4. The quantitative estimate of drug-likeness (QED) is 0.597. The van der Waals surface area contributed by atoms with Crippen LogP contribution in [0.1, 0.15) is 10.5 Å². The van der Waals surface area contributed by atoms with Crippen molar-refractivity contribution in [2.45, 2.75) is 0 Å². The van der Waals surface area contributed by atoms with Gasteiger partial charge in [0.05, 0.1) is 29.8 Å². The van der Waals surface area contributed by atoms with Gasteiger partial charge in [0.25, 0.3) is 0 Å². The lowest BCUT2D eigenvalue weighted by Crippen LogP contribution is -2.05. The highest BCUT2D eigenvalue weighted by atomic mass is 16.6. The van der Waals surface area contributed by atoms with Crippen LogP contribution in [-0.2, 0) is 0 Å². The van der Waals surface area contributed by atoms with E-state index in [2.05, 4.69) is 15.1 Å². The molecule has 2 aromatic rings. The molecule has 0 saturated carbocycles. The Morgan fingerprint density at radius 3 is 2.65 bits per heavy atom. The van der Waals surface area contributed by atoms with Gasteiger partial charge >= 0.3 is 11.8 Å². The van der Waals surface area contributed by atoms with Crippen LogP contribution in [0.5, 0.6) is 0 Å². The van der Waals surface area contributed by atoms with Crippen molar-refractivity contribution < 1.29 is 14.8 Å². The molecule has 0 unspecified atom stereocenters. The van der Waals surface area contributed by atoms with Gasteiger partial charge in [-0.05, 0) is 4.92 Å². The van der Waals surface area contributed by atoms with Gasteiger partial charge < -0.3 is 15.2 Å². The first kappa shape index (κ1) is 10.7. The fourth-order valence-electron chi connectivity index (χ4n) is 1.09. The first-order valence-electron chi connectivity index (χ1n) is 4.33. The van der Waals surface area contributed by atoms with Crippen molar-refractivity contribution in [1.82, 2.24) is 19.7 Å². The van der Waals surface area contributed by atoms with Crippen molar-refractivity contribution in [1.29, 1.82) is 0 Å². The molecule has 0 aliphatic rings. The Bertz CT molecular complexity index is 576. The molecule has 2 aromatic heterocycles. The first-order chi connectivity index (χ1) is 8.08. The van der Waals surface area contributed by atoms with Crippen LogP contribution in [0.4, 0.5) is 5.82 Å². The highest BCUT2D eigenvalue weighted by molar-refractivity contribution is 5.84. The molecule has 0 bridgehead atoms. The average Bonchev–Trinajstić information content (AvgIpc) is 2.78. The zero-order valence-corrected chi connectivity index (χ0v) is 8.22. The molecule has 17 heavy (non-hydrogen) atoms. The number of carbonyl (C=O) groups is 1. The van der Waals surface area contributed by atoms with Gasteiger partial charge in [-0.1, -0.05) is 0 Å². The van der Waals surface area contributed by atoms with E-state index in [-0.39, 0.29) is 17.3 Å². The fraction of sp³-hybridized carbons (Fsp3) is 0. The van der Waals surface area contributed by atoms with E-state index < -0.39 is 10.9 Å². The van der Waals surface area contributed by atoms with Gasteiger partial charge in [-0.2, -0.15) is 0 Å². The second kappa shape index (κ2) is 3.96. The molecule has 0 spiro atoms. The minimum Gasteiger partial charge on any atom is -0.476 e. The summed E-state index contributed by atoms with van der Waals surface area (Å²) in [7, 11) is 0. The lowest BCUT2D eigenvalue weighted by Gasteiger charge is -1.95. The minimum atomic E-state index is -1.20. The van der Waals surface area contributed by atoms with Gasteiger partial charge in [-0.25, -0.2) is 14.8 Å². The Morgan fingerprint density at radius 1 is 1.41 bits per heavy atom. The van der Waals surface area contributed by atoms with Crippen LogP contribution in [-0.4, -0.2) is 35.7 Å². The number of carboxylic acids is 1. The Balaban J connectivity index is 2.33. The summed E-state index contributed by atoms with van der Waals surface area (Å²) in [4.78, 5) is 27.7. The predicted molar refractivity (Wildman–Crippen MR) is 52.8 cm³/mol. The molecule has 0 amide bonds. The normalized spacial score (nSPS) is 10.1. The highest BCUT2D eigenvalue weighted by Crippen LogP contribution is 2.09. The molecule has 0 radical (unpaired) electrons. The number of aromatic carboxylic acids is 1. The molecule has 2 rings (SSSR count). The molecule has 86 valence electrons. The van der Waals surface area contributed by atoms with Gasteiger partial charge in [-0.3, -0.25) is 0 Å². The summed E-state index contributed by atoms with van der Waals surface area (Å²) in [5.41, 5.74) is -0.213. The molecule has 0 fully saturated rings. The van der Waals surface area contributed by atoms with E-state index in [1.165, 1.54) is 18.5 Å². The summed E-state index contributed by atoms with van der Waals surface area (Å²) in [6, 6.07) is 1.20. The van der Waals surface area contributed by atoms with Gasteiger partial charge in [0.15, 0.2) is 11.5 Å². The number of nitrogens with zero attached hydrogens (tertiary/aromatic N) is 5. The van der Waals surface area contributed by atoms with E-state index in [1.54, 1.807) is 0 Å². The second-order valence-electron chi connectivity index (χ2n) is 2.94. The number of carboxylic acid groups (broad SMARTS) is 1. The van der Waals surface area contributed by atoms with Crippen molar-refractivity contribution in [3.8, 4) is 5.82 Å². The lowest BCUT2D eigenvalue weighted by molar-refractivity contribution is -0.389. The fourth-order valence-corrected chi connectivity index (χ4v) is 1.09. The van der Waals surface area contributed by atoms with Crippen molar-refractivity contribution in [3.05, 3.63) is 40.5 Å². The van der Waals surface area contributed by atoms with E-state index in [0.29, 0.717) is 0 Å². The summed E-state index contributed by atoms with van der Waals surface area (Å²) in [6.45, 7) is 0. The third-order valence-electron chi connectivity index (χ3n) is 1.85. The summed E-state index contributed by atoms with van der Waals surface area (Å²) < 4.78 is 1.14. The molecule has 0 saturated heterocycles. The Morgan fingerprint density at radius 2 is 2.18 bits per heavy atom. The van der Waals surface area contributed by atoms with Crippen LogP contribution >= 0.6 is 0 Å². The molecular formula is C8H5N5O4. The first-order valence-corrected chi connectivity index (χ1v) is 4.33. The third kappa shape index (κ3) is 2.07. The number of hydrogen-bond donors (Lipinski definition) is 1. The van der Waals surface area contributed by atoms with E-state index >= 15 is 0 Å². The van der Waals surface area contributed by atoms with Crippen molar-refractivity contribution in [2.75, 3.05) is 0 Å². The Labute approximate surface area is 93.5 Å². The summed E-state index contributed by atoms with van der Waals surface area (Å²) in [6.07, 6.45) is 3.55.